The molecule has 1 aliphatic rings. The highest BCUT2D eigenvalue weighted by molar-refractivity contribution is 5.20. The third-order valence-corrected chi connectivity index (χ3v) is 3.46. The number of benzene rings is 1. The molecule has 1 aromatic carbocycles. The number of hydrogen-bond acceptors (Lipinski definition) is 2. The third-order valence-electron chi connectivity index (χ3n) is 3.46. The first-order valence-corrected chi connectivity index (χ1v) is 6.65. The van der Waals surface area contributed by atoms with E-state index in [4.69, 9.17) is 0 Å². The largest absolute Gasteiger partial charge is 0.309 e. The van der Waals surface area contributed by atoms with Crippen LogP contribution in [0.15, 0.2) is 12.1 Å². The van der Waals surface area contributed by atoms with E-state index in [1.807, 2.05) is 6.92 Å². The molecule has 0 bridgehead atoms. The highest BCUT2D eigenvalue weighted by Crippen LogP contribution is 2.15. The van der Waals surface area contributed by atoms with E-state index in [0.717, 1.165) is 19.6 Å². The van der Waals surface area contributed by atoms with Gasteiger partial charge >= 0.3 is 0 Å². The standard InChI is InChI=1S/C14H19F3N2/c1-10(9-19-4-2-3-5-19)18-8-12-13(16)6-11(15)7-14(12)17/h6-7,10,18H,2-5,8-9H2,1H3. The van der Waals surface area contributed by atoms with Crippen LogP contribution >= 0.6 is 0 Å². The lowest BCUT2D eigenvalue weighted by Gasteiger charge is -2.21. The second kappa shape index (κ2) is 6.39. The van der Waals surface area contributed by atoms with Gasteiger partial charge in [0.15, 0.2) is 0 Å². The maximum atomic E-state index is 13.4. The third kappa shape index (κ3) is 3.94. The van der Waals surface area contributed by atoms with Gasteiger partial charge in [-0.05, 0) is 32.9 Å². The van der Waals surface area contributed by atoms with Crippen molar-refractivity contribution in [3.8, 4) is 0 Å². The normalized spacial score (nSPS) is 17.9. The predicted molar refractivity (Wildman–Crippen MR) is 68.3 cm³/mol. The second-order valence-corrected chi connectivity index (χ2v) is 5.14. The highest BCUT2D eigenvalue weighted by atomic mass is 19.1. The van der Waals surface area contributed by atoms with Gasteiger partial charge in [0.25, 0.3) is 0 Å². The molecule has 5 heteroatoms. The Morgan fingerprint density at radius 3 is 2.32 bits per heavy atom. The van der Waals surface area contributed by atoms with Crippen molar-refractivity contribution in [3.63, 3.8) is 0 Å². The first-order valence-electron chi connectivity index (χ1n) is 6.65. The molecule has 1 unspecified atom stereocenters. The van der Waals surface area contributed by atoms with Crippen molar-refractivity contribution < 1.29 is 13.2 Å². The first kappa shape index (κ1) is 14.3. The van der Waals surface area contributed by atoms with E-state index >= 15 is 0 Å². The van der Waals surface area contributed by atoms with Gasteiger partial charge < -0.3 is 10.2 Å². The molecule has 1 aliphatic heterocycles. The molecule has 2 rings (SSSR count). The van der Waals surface area contributed by atoms with Crippen molar-refractivity contribution in [2.75, 3.05) is 19.6 Å². The van der Waals surface area contributed by atoms with Crippen LogP contribution in [-0.2, 0) is 6.54 Å². The Balaban J connectivity index is 1.87. The van der Waals surface area contributed by atoms with Crippen LogP contribution in [0, 0.1) is 17.5 Å². The highest BCUT2D eigenvalue weighted by Gasteiger charge is 2.16. The smallest absolute Gasteiger partial charge is 0.133 e. The van der Waals surface area contributed by atoms with Crippen molar-refractivity contribution in [1.82, 2.24) is 10.2 Å². The van der Waals surface area contributed by atoms with Gasteiger partial charge in [-0.1, -0.05) is 0 Å². The Morgan fingerprint density at radius 2 is 1.74 bits per heavy atom. The number of hydrogen-bond donors (Lipinski definition) is 1. The molecule has 1 fully saturated rings. The average Bonchev–Trinajstić information content (AvgIpc) is 2.80. The zero-order chi connectivity index (χ0) is 13.8. The van der Waals surface area contributed by atoms with Gasteiger partial charge in [-0.25, -0.2) is 13.2 Å². The Hall–Kier alpha value is -1.07. The molecule has 0 aliphatic carbocycles. The predicted octanol–water partition coefficient (Wildman–Crippen LogP) is 2.68. The van der Waals surface area contributed by atoms with Gasteiger partial charge in [-0.3, -0.25) is 0 Å². The van der Waals surface area contributed by atoms with E-state index in [2.05, 4.69) is 10.2 Å². The van der Waals surface area contributed by atoms with E-state index in [-0.39, 0.29) is 18.2 Å². The Bertz CT molecular complexity index is 408. The molecule has 0 radical (unpaired) electrons. The minimum Gasteiger partial charge on any atom is -0.309 e. The van der Waals surface area contributed by atoms with Gasteiger partial charge in [-0.2, -0.15) is 0 Å². The maximum absolute atomic E-state index is 13.4. The monoisotopic (exact) mass is 272 g/mol. The van der Waals surface area contributed by atoms with Crippen LogP contribution in [-0.4, -0.2) is 30.6 Å². The molecule has 19 heavy (non-hydrogen) atoms. The summed E-state index contributed by atoms with van der Waals surface area (Å²) in [7, 11) is 0. The minimum absolute atomic E-state index is 0.0763. The quantitative estimate of drug-likeness (QED) is 0.886. The number of nitrogens with one attached hydrogen (secondary N) is 1. The average molecular weight is 272 g/mol. The molecule has 1 atom stereocenters. The molecular formula is C14H19F3N2. The molecule has 0 saturated carbocycles. The molecule has 2 nitrogen and oxygen atoms in total. The Labute approximate surface area is 111 Å². The number of likely N-dealkylation sites (tertiary alicyclic amines) is 1. The topological polar surface area (TPSA) is 15.3 Å². The van der Waals surface area contributed by atoms with Crippen LogP contribution in [0.5, 0.6) is 0 Å². The summed E-state index contributed by atoms with van der Waals surface area (Å²) in [6.07, 6.45) is 2.43. The summed E-state index contributed by atoms with van der Waals surface area (Å²) < 4.78 is 39.6. The molecule has 0 amide bonds. The van der Waals surface area contributed by atoms with Crippen LogP contribution in [0.3, 0.4) is 0 Å². The van der Waals surface area contributed by atoms with E-state index in [9.17, 15) is 13.2 Å². The zero-order valence-electron chi connectivity index (χ0n) is 11.1. The summed E-state index contributed by atoms with van der Waals surface area (Å²) in [6, 6.07) is 1.57. The van der Waals surface area contributed by atoms with Crippen molar-refractivity contribution in [3.05, 3.63) is 35.1 Å². The lowest BCUT2D eigenvalue weighted by molar-refractivity contribution is 0.297. The van der Waals surface area contributed by atoms with Crippen molar-refractivity contribution in [2.24, 2.45) is 0 Å². The fourth-order valence-electron chi connectivity index (χ4n) is 2.43. The lowest BCUT2D eigenvalue weighted by Crippen LogP contribution is -2.37. The van der Waals surface area contributed by atoms with Crippen molar-refractivity contribution in [1.29, 1.82) is 0 Å². The first-order chi connectivity index (χ1) is 9.06. The minimum atomic E-state index is -0.885. The molecule has 1 aromatic rings. The van der Waals surface area contributed by atoms with E-state index in [0.29, 0.717) is 12.1 Å². The molecule has 0 aromatic heterocycles. The number of halogens is 3. The van der Waals surface area contributed by atoms with Gasteiger partial charge in [0, 0.05) is 36.8 Å². The van der Waals surface area contributed by atoms with Crippen LogP contribution < -0.4 is 5.32 Å². The molecule has 1 heterocycles. The van der Waals surface area contributed by atoms with Gasteiger partial charge in [-0.15, -0.1) is 0 Å². The summed E-state index contributed by atoms with van der Waals surface area (Å²) >= 11 is 0. The molecule has 1 N–H and O–H groups in total. The van der Waals surface area contributed by atoms with E-state index in [1.54, 1.807) is 0 Å². The van der Waals surface area contributed by atoms with Gasteiger partial charge in [0.05, 0.1) is 0 Å². The van der Waals surface area contributed by atoms with E-state index < -0.39 is 17.5 Å². The van der Waals surface area contributed by atoms with Crippen molar-refractivity contribution in [2.45, 2.75) is 32.4 Å². The molecule has 1 saturated heterocycles. The molecule has 106 valence electrons. The summed E-state index contributed by atoms with van der Waals surface area (Å²) in [6.45, 7) is 5.10. The molecular weight excluding hydrogens is 253 g/mol. The number of nitrogens with zero attached hydrogens (tertiary/aromatic N) is 1. The molecule has 0 spiro atoms. The SMILES string of the molecule is CC(CN1CCCC1)NCc1c(F)cc(F)cc1F. The summed E-state index contributed by atoms with van der Waals surface area (Å²) in [5.41, 5.74) is -0.102. The van der Waals surface area contributed by atoms with Gasteiger partial charge in [0.2, 0.25) is 0 Å². The van der Waals surface area contributed by atoms with Crippen LogP contribution in [0.4, 0.5) is 13.2 Å². The maximum Gasteiger partial charge on any atom is 0.133 e. The van der Waals surface area contributed by atoms with Crippen LogP contribution in [0.25, 0.3) is 0 Å². The lowest BCUT2D eigenvalue weighted by atomic mass is 10.1. The Morgan fingerprint density at radius 1 is 1.16 bits per heavy atom. The fraction of sp³-hybridized carbons (Fsp3) is 0.571. The second-order valence-electron chi connectivity index (χ2n) is 5.14. The van der Waals surface area contributed by atoms with Gasteiger partial charge in [0.1, 0.15) is 17.5 Å². The summed E-state index contributed by atoms with van der Waals surface area (Å²) in [5.74, 6) is -2.55. The van der Waals surface area contributed by atoms with Crippen LogP contribution in [0.1, 0.15) is 25.3 Å². The summed E-state index contributed by atoms with van der Waals surface area (Å²) in [4.78, 5) is 2.33. The van der Waals surface area contributed by atoms with Crippen LogP contribution in [0.2, 0.25) is 0 Å². The van der Waals surface area contributed by atoms with E-state index in [1.165, 1.54) is 12.8 Å². The fourth-order valence-corrected chi connectivity index (χ4v) is 2.43. The van der Waals surface area contributed by atoms with Crippen molar-refractivity contribution >= 4 is 0 Å². The zero-order valence-corrected chi connectivity index (χ0v) is 11.1. The Kier molecular flexibility index (Phi) is 4.82. The number of rotatable bonds is 5. The summed E-state index contributed by atoms with van der Waals surface area (Å²) in [5, 5.41) is 3.08.